The third-order valence-corrected chi connectivity index (χ3v) is 2.39. The zero-order valence-corrected chi connectivity index (χ0v) is 7.85. The number of piperidine rings is 1. The Morgan fingerprint density at radius 3 is 1.73 bits per heavy atom. The van der Waals surface area contributed by atoms with Crippen molar-refractivity contribution in [2.75, 3.05) is 0 Å². The van der Waals surface area contributed by atoms with E-state index in [1.807, 2.05) is 27.7 Å². The second-order valence-electron chi connectivity index (χ2n) is 4.62. The molecular weight excluding hydrogens is 138 g/mol. The molecule has 0 aromatic heterocycles. The van der Waals surface area contributed by atoms with Crippen molar-refractivity contribution in [1.82, 2.24) is 5.06 Å². The first-order valence-electron chi connectivity index (χ1n) is 4.15. The Labute approximate surface area is 69.2 Å². The molecule has 0 unspecified atom stereocenters. The van der Waals surface area contributed by atoms with Crippen LogP contribution in [0.2, 0.25) is 0 Å². The van der Waals surface area contributed by atoms with Gasteiger partial charge in [-0.2, -0.15) is 0 Å². The van der Waals surface area contributed by atoms with Crippen molar-refractivity contribution >= 4 is 0 Å². The van der Waals surface area contributed by atoms with E-state index in [1.54, 1.807) is 0 Å². The Kier molecular flexibility index (Phi) is 2.01. The summed E-state index contributed by atoms with van der Waals surface area (Å²) < 4.78 is 0. The summed E-state index contributed by atoms with van der Waals surface area (Å²) in [6.07, 6.45) is 4.02. The van der Waals surface area contributed by atoms with Gasteiger partial charge in [0.05, 0.1) is 0 Å². The van der Waals surface area contributed by atoms with E-state index in [9.17, 15) is 5.21 Å². The average Bonchev–Trinajstić information content (AvgIpc) is 1.82. The summed E-state index contributed by atoms with van der Waals surface area (Å²) in [5.41, 5.74) is -0.413. The number of hydrogen-bond acceptors (Lipinski definition) is 1. The summed E-state index contributed by atoms with van der Waals surface area (Å²) in [7, 11) is 0. The third-order valence-electron chi connectivity index (χ3n) is 2.39. The van der Waals surface area contributed by atoms with Gasteiger partial charge in [-0.15, -0.1) is 10.3 Å². The fraction of sp³-hybridized carbons (Fsp3) is 0.889. The smallest absolute Gasteiger partial charge is 0.0446 e. The van der Waals surface area contributed by atoms with Crippen LogP contribution in [0.4, 0.5) is 0 Å². The van der Waals surface area contributed by atoms with E-state index in [1.165, 1.54) is 5.06 Å². The van der Waals surface area contributed by atoms with Gasteiger partial charge >= 0.3 is 0 Å². The van der Waals surface area contributed by atoms with Crippen molar-refractivity contribution in [2.24, 2.45) is 0 Å². The maximum Gasteiger partial charge on any atom is 0.0446 e. The summed E-state index contributed by atoms with van der Waals surface area (Å²) in [6.45, 7) is 7.99. The fourth-order valence-electron chi connectivity index (χ4n) is 1.76. The molecule has 1 aliphatic heterocycles. The first-order valence-corrected chi connectivity index (χ1v) is 4.15. The van der Waals surface area contributed by atoms with Crippen LogP contribution in [0.3, 0.4) is 0 Å². The molecule has 1 rings (SSSR count). The normalized spacial score (nSPS) is 30.3. The molecule has 2 radical (unpaired) electrons. The minimum absolute atomic E-state index is 0.207. The lowest BCUT2D eigenvalue weighted by Gasteiger charge is -2.46. The first kappa shape index (κ1) is 9.01. The molecule has 0 aromatic rings. The highest BCUT2D eigenvalue weighted by Crippen LogP contribution is 2.35. The van der Waals surface area contributed by atoms with Gasteiger partial charge in [0.25, 0.3) is 0 Å². The van der Waals surface area contributed by atoms with Gasteiger partial charge in [-0.3, -0.25) is 0 Å². The van der Waals surface area contributed by atoms with Gasteiger partial charge in [0.1, 0.15) is 0 Å². The molecule has 0 N–H and O–H groups in total. The Morgan fingerprint density at radius 1 is 1.09 bits per heavy atom. The molecule has 11 heavy (non-hydrogen) atoms. The second kappa shape index (κ2) is 2.46. The van der Waals surface area contributed by atoms with Crippen LogP contribution in [0.5, 0.6) is 0 Å². The Balaban J connectivity index is 2.76. The molecule has 1 aliphatic rings. The van der Waals surface area contributed by atoms with Crippen molar-refractivity contribution in [3.63, 3.8) is 0 Å². The van der Waals surface area contributed by atoms with E-state index in [2.05, 4.69) is 6.42 Å². The van der Waals surface area contributed by atoms with Crippen molar-refractivity contribution in [3.05, 3.63) is 6.42 Å². The average molecular weight is 155 g/mol. The minimum Gasteiger partial charge on any atom is -0.144 e. The fourth-order valence-corrected chi connectivity index (χ4v) is 1.76. The molecule has 0 spiro atoms. The zero-order valence-electron chi connectivity index (χ0n) is 7.85. The van der Waals surface area contributed by atoms with E-state index >= 15 is 0 Å². The van der Waals surface area contributed by atoms with Crippen LogP contribution in [-0.2, 0) is 5.21 Å². The molecule has 0 aliphatic carbocycles. The van der Waals surface area contributed by atoms with Gasteiger partial charge in [0.15, 0.2) is 0 Å². The van der Waals surface area contributed by atoms with E-state index < -0.39 is 0 Å². The monoisotopic (exact) mass is 155 g/mol. The van der Waals surface area contributed by atoms with Gasteiger partial charge in [0, 0.05) is 11.1 Å². The zero-order chi connectivity index (χ0) is 8.70. The molecule has 1 fully saturated rings. The molecule has 0 amide bonds. The summed E-state index contributed by atoms with van der Waals surface area (Å²) in [5.74, 6) is 0. The number of rotatable bonds is 0. The summed E-state index contributed by atoms with van der Waals surface area (Å²) in [4.78, 5) is 0. The largest absolute Gasteiger partial charge is 0.144 e. The van der Waals surface area contributed by atoms with E-state index in [0.29, 0.717) is 0 Å². The van der Waals surface area contributed by atoms with Crippen LogP contribution >= 0.6 is 0 Å². The molecule has 1 saturated heterocycles. The highest BCUT2D eigenvalue weighted by molar-refractivity contribution is 4.99. The predicted molar refractivity (Wildman–Crippen MR) is 44.2 cm³/mol. The van der Waals surface area contributed by atoms with Crippen LogP contribution in [-0.4, -0.2) is 16.1 Å². The molecule has 2 nitrogen and oxygen atoms in total. The van der Waals surface area contributed by atoms with Gasteiger partial charge in [-0.1, -0.05) is 0 Å². The van der Waals surface area contributed by atoms with Crippen LogP contribution in [0.1, 0.15) is 40.5 Å². The predicted octanol–water partition coefficient (Wildman–Crippen LogP) is 2.19. The lowest BCUT2D eigenvalue weighted by atomic mass is 9.82. The van der Waals surface area contributed by atoms with Gasteiger partial charge in [0.2, 0.25) is 0 Å². The van der Waals surface area contributed by atoms with Crippen molar-refractivity contribution in [3.8, 4) is 0 Å². The Bertz CT molecular complexity index is 136. The van der Waals surface area contributed by atoms with Gasteiger partial charge in [-0.05, 0) is 47.0 Å². The number of nitrogens with zero attached hydrogens (tertiary/aromatic N) is 1. The third kappa shape index (κ3) is 1.57. The number of hydroxylamine groups is 2. The van der Waals surface area contributed by atoms with Crippen molar-refractivity contribution in [2.45, 2.75) is 51.6 Å². The van der Waals surface area contributed by atoms with E-state index in [0.717, 1.165) is 12.8 Å². The summed E-state index contributed by atoms with van der Waals surface area (Å²) in [6, 6.07) is 0. The van der Waals surface area contributed by atoms with Crippen LogP contribution in [0, 0.1) is 6.42 Å². The Morgan fingerprint density at radius 2 is 1.45 bits per heavy atom. The second-order valence-corrected chi connectivity index (χ2v) is 4.62. The maximum absolute atomic E-state index is 11.7. The molecule has 64 valence electrons. The standard InChI is InChI=1S/C9H17NO/c1-8(2)6-5-7-9(3,4)10(8)11/h5H,6-7H2,1-4H3. The highest BCUT2D eigenvalue weighted by Gasteiger charge is 2.41. The minimum atomic E-state index is -0.207. The van der Waals surface area contributed by atoms with Crippen LogP contribution in [0.25, 0.3) is 0 Å². The SMILES string of the molecule is CC1(C)C[CH]CC(C)(C)N1[O]. The van der Waals surface area contributed by atoms with Gasteiger partial charge in [-0.25, -0.2) is 0 Å². The van der Waals surface area contributed by atoms with Crippen LogP contribution in [0.15, 0.2) is 0 Å². The topological polar surface area (TPSA) is 23.1 Å². The lowest BCUT2D eigenvalue weighted by Crippen LogP contribution is -2.55. The molecular formula is C9H17NO. The summed E-state index contributed by atoms with van der Waals surface area (Å²) >= 11 is 0. The van der Waals surface area contributed by atoms with Crippen LogP contribution < -0.4 is 0 Å². The summed E-state index contributed by atoms with van der Waals surface area (Å²) in [5, 5.41) is 12.9. The molecule has 0 saturated carbocycles. The molecule has 2 heteroatoms. The van der Waals surface area contributed by atoms with E-state index in [4.69, 9.17) is 0 Å². The van der Waals surface area contributed by atoms with Crippen molar-refractivity contribution in [1.29, 1.82) is 0 Å². The highest BCUT2D eigenvalue weighted by atomic mass is 16.5. The molecule has 0 atom stereocenters. The first-order chi connectivity index (χ1) is 4.86. The lowest BCUT2D eigenvalue weighted by molar-refractivity contribution is -0.280. The molecule has 1 heterocycles. The maximum atomic E-state index is 11.7. The van der Waals surface area contributed by atoms with Gasteiger partial charge < -0.3 is 0 Å². The quantitative estimate of drug-likeness (QED) is 0.526. The molecule has 0 bridgehead atoms. The Hall–Kier alpha value is -0.0800. The molecule has 0 aromatic carbocycles. The van der Waals surface area contributed by atoms with E-state index in [-0.39, 0.29) is 11.1 Å². The van der Waals surface area contributed by atoms with Crippen molar-refractivity contribution < 1.29 is 5.21 Å². The number of hydrogen-bond donors (Lipinski definition) is 0.